The van der Waals surface area contributed by atoms with Gasteiger partial charge in [0.05, 0.1) is 17.7 Å². The van der Waals surface area contributed by atoms with Crippen LogP contribution in [0.5, 0.6) is 5.75 Å². The van der Waals surface area contributed by atoms with Crippen LogP contribution in [-0.2, 0) is 6.54 Å². The number of hydrogen-bond donors (Lipinski definition) is 2. The third kappa shape index (κ3) is 4.89. The molecule has 1 aromatic heterocycles. The molecule has 9 nitrogen and oxygen atoms in total. The van der Waals surface area contributed by atoms with E-state index in [1.807, 2.05) is 6.07 Å². The number of nitrogens with one attached hydrogen (secondary N) is 1. The normalized spacial score (nSPS) is 10.8. The molecule has 0 atom stereocenters. The summed E-state index contributed by atoms with van der Waals surface area (Å²) in [5.41, 5.74) is 2.18. The van der Waals surface area contributed by atoms with Crippen molar-refractivity contribution in [3.05, 3.63) is 103 Å². The fraction of sp³-hybridized carbons (Fsp3) is 0.0500. The molecular weight excluding hydrogens is 412 g/mol. The van der Waals surface area contributed by atoms with Crippen LogP contribution in [0.4, 0.5) is 5.69 Å². The summed E-state index contributed by atoms with van der Waals surface area (Å²) in [4.78, 5) is 35.0. The number of benzene rings is 2. The number of phenols is 1. The zero-order valence-electron chi connectivity index (χ0n) is 15.4. The van der Waals surface area contributed by atoms with Crippen molar-refractivity contribution in [2.45, 2.75) is 6.54 Å². The SMILES string of the molecule is O=C(N/N=C\c1ccc(O)c([N+](=O)[O-])c1)c1cccn(Cc2cccc(Cl)c2)c1=O. The second-order valence-electron chi connectivity index (χ2n) is 6.19. The minimum absolute atomic E-state index is 0.117. The maximum absolute atomic E-state index is 12.6. The number of carbonyl (C=O) groups is 1. The number of carbonyl (C=O) groups excluding carboxylic acids is 1. The second kappa shape index (κ2) is 9.01. The zero-order valence-corrected chi connectivity index (χ0v) is 16.1. The van der Waals surface area contributed by atoms with E-state index >= 15 is 0 Å². The summed E-state index contributed by atoms with van der Waals surface area (Å²) in [6, 6.07) is 13.6. The number of pyridine rings is 1. The van der Waals surface area contributed by atoms with Gasteiger partial charge in [0.2, 0.25) is 0 Å². The van der Waals surface area contributed by atoms with Gasteiger partial charge >= 0.3 is 5.69 Å². The van der Waals surface area contributed by atoms with Crippen molar-refractivity contribution < 1.29 is 14.8 Å². The van der Waals surface area contributed by atoms with Gasteiger partial charge in [0.1, 0.15) is 5.56 Å². The number of amides is 1. The number of aromatic hydroxyl groups is 1. The number of nitro groups is 1. The lowest BCUT2D eigenvalue weighted by Crippen LogP contribution is -2.30. The Morgan fingerprint density at radius 2 is 2.03 bits per heavy atom. The Bertz CT molecular complexity index is 1210. The summed E-state index contributed by atoms with van der Waals surface area (Å²) in [7, 11) is 0. The molecule has 30 heavy (non-hydrogen) atoms. The van der Waals surface area contributed by atoms with Crippen LogP contribution >= 0.6 is 11.6 Å². The summed E-state index contributed by atoms with van der Waals surface area (Å²) in [5.74, 6) is -1.21. The lowest BCUT2D eigenvalue weighted by Gasteiger charge is -2.08. The Morgan fingerprint density at radius 3 is 2.77 bits per heavy atom. The molecule has 10 heteroatoms. The average molecular weight is 427 g/mol. The molecule has 3 rings (SSSR count). The fourth-order valence-corrected chi connectivity index (χ4v) is 2.87. The van der Waals surface area contributed by atoms with Crippen LogP contribution in [0.3, 0.4) is 0 Å². The Labute approximate surface area is 175 Å². The van der Waals surface area contributed by atoms with Crippen LogP contribution in [0.1, 0.15) is 21.5 Å². The first kappa shape index (κ1) is 20.7. The zero-order chi connectivity index (χ0) is 21.7. The molecule has 0 saturated carbocycles. The molecule has 0 radical (unpaired) electrons. The van der Waals surface area contributed by atoms with Gasteiger partial charge in [0.15, 0.2) is 5.75 Å². The lowest BCUT2D eigenvalue weighted by molar-refractivity contribution is -0.385. The van der Waals surface area contributed by atoms with Crippen molar-refractivity contribution in [2.24, 2.45) is 5.10 Å². The van der Waals surface area contributed by atoms with Crippen LogP contribution in [0, 0.1) is 10.1 Å². The van der Waals surface area contributed by atoms with Crippen LogP contribution < -0.4 is 11.0 Å². The number of nitrogens with zero attached hydrogens (tertiary/aromatic N) is 3. The van der Waals surface area contributed by atoms with Crippen molar-refractivity contribution in [1.82, 2.24) is 9.99 Å². The van der Waals surface area contributed by atoms with Crippen LogP contribution in [0.2, 0.25) is 5.02 Å². The van der Waals surface area contributed by atoms with Gasteiger partial charge in [-0.1, -0.05) is 23.7 Å². The van der Waals surface area contributed by atoms with E-state index < -0.39 is 27.8 Å². The first-order valence-electron chi connectivity index (χ1n) is 8.60. The van der Waals surface area contributed by atoms with E-state index in [2.05, 4.69) is 10.5 Å². The highest BCUT2D eigenvalue weighted by Gasteiger charge is 2.14. The van der Waals surface area contributed by atoms with Crippen molar-refractivity contribution >= 4 is 29.4 Å². The highest BCUT2D eigenvalue weighted by Crippen LogP contribution is 2.25. The molecule has 1 heterocycles. The molecule has 0 aliphatic rings. The Morgan fingerprint density at radius 1 is 1.23 bits per heavy atom. The largest absolute Gasteiger partial charge is 0.502 e. The van der Waals surface area contributed by atoms with E-state index in [1.165, 1.54) is 16.7 Å². The third-order valence-electron chi connectivity index (χ3n) is 4.08. The average Bonchev–Trinajstić information content (AvgIpc) is 2.70. The number of rotatable bonds is 6. The first-order chi connectivity index (χ1) is 14.3. The summed E-state index contributed by atoms with van der Waals surface area (Å²) in [6.07, 6.45) is 2.72. The van der Waals surface area contributed by atoms with E-state index in [0.717, 1.165) is 23.9 Å². The molecule has 0 aliphatic heterocycles. The van der Waals surface area contributed by atoms with Crippen LogP contribution in [-0.4, -0.2) is 26.7 Å². The minimum atomic E-state index is -0.738. The number of nitro benzene ring substituents is 1. The lowest BCUT2D eigenvalue weighted by atomic mass is 10.2. The number of hydrogen-bond acceptors (Lipinski definition) is 6. The van der Waals surface area contributed by atoms with Gasteiger partial charge in [-0.3, -0.25) is 19.7 Å². The predicted molar refractivity (Wildman–Crippen MR) is 111 cm³/mol. The summed E-state index contributed by atoms with van der Waals surface area (Å²) in [6.45, 7) is 0.237. The molecule has 0 saturated heterocycles. The Hall–Kier alpha value is -3.98. The molecule has 3 aromatic rings. The summed E-state index contributed by atoms with van der Waals surface area (Å²) < 4.78 is 1.37. The van der Waals surface area contributed by atoms with E-state index in [9.17, 15) is 24.8 Å². The van der Waals surface area contributed by atoms with Crippen LogP contribution in [0.15, 0.2) is 70.7 Å². The van der Waals surface area contributed by atoms with E-state index in [-0.39, 0.29) is 17.7 Å². The quantitative estimate of drug-likeness (QED) is 0.356. The molecular formula is C20H15ClN4O5. The highest BCUT2D eigenvalue weighted by atomic mass is 35.5. The van der Waals surface area contributed by atoms with Gasteiger partial charge in [0.25, 0.3) is 11.5 Å². The maximum Gasteiger partial charge on any atom is 0.311 e. The number of aromatic nitrogens is 1. The van der Waals surface area contributed by atoms with E-state index in [1.54, 1.807) is 30.5 Å². The van der Waals surface area contributed by atoms with Gasteiger partial charge < -0.3 is 9.67 Å². The summed E-state index contributed by atoms with van der Waals surface area (Å²) >= 11 is 5.96. The van der Waals surface area contributed by atoms with Gasteiger partial charge in [-0.2, -0.15) is 5.10 Å². The second-order valence-corrected chi connectivity index (χ2v) is 6.63. The molecule has 0 spiro atoms. The standard InChI is InChI=1S/C20H15ClN4O5/c21-15-4-1-3-14(9-15)12-24-8-2-5-16(20(24)28)19(27)23-22-11-13-6-7-18(26)17(10-13)25(29)30/h1-11,26H,12H2,(H,23,27)/b22-11-. The fourth-order valence-electron chi connectivity index (χ4n) is 2.66. The minimum Gasteiger partial charge on any atom is -0.502 e. The van der Waals surface area contributed by atoms with Crippen molar-refractivity contribution in [3.63, 3.8) is 0 Å². The molecule has 2 N–H and O–H groups in total. The number of hydrazone groups is 1. The molecule has 2 aromatic carbocycles. The van der Waals surface area contributed by atoms with Crippen molar-refractivity contribution in [3.8, 4) is 5.75 Å². The van der Waals surface area contributed by atoms with E-state index in [0.29, 0.717) is 5.02 Å². The third-order valence-corrected chi connectivity index (χ3v) is 4.32. The van der Waals surface area contributed by atoms with Crippen molar-refractivity contribution in [1.29, 1.82) is 0 Å². The van der Waals surface area contributed by atoms with Crippen molar-refractivity contribution in [2.75, 3.05) is 0 Å². The summed E-state index contributed by atoms with van der Waals surface area (Å²) in [5, 5.41) is 24.6. The molecule has 0 aliphatic carbocycles. The van der Waals surface area contributed by atoms with Gasteiger partial charge in [-0.15, -0.1) is 0 Å². The highest BCUT2D eigenvalue weighted by molar-refractivity contribution is 6.30. The van der Waals surface area contributed by atoms with Crippen LogP contribution in [0.25, 0.3) is 0 Å². The molecule has 0 bridgehead atoms. The molecule has 0 fully saturated rings. The Balaban J connectivity index is 1.74. The first-order valence-corrected chi connectivity index (χ1v) is 8.97. The molecule has 0 unspecified atom stereocenters. The number of phenolic OH excluding ortho intramolecular Hbond substituents is 1. The maximum atomic E-state index is 12.6. The smallest absolute Gasteiger partial charge is 0.311 e. The number of halogens is 1. The van der Waals surface area contributed by atoms with Gasteiger partial charge in [-0.25, -0.2) is 5.43 Å². The molecule has 152 valence electrons. The Kier molecular flexibility index (Phi) is 6.23. The predicted octanol–water partition coefficient (Wildman–Crippen LogP) is 2.93. The topological polar surface area (TPSA) is 127 Å². The monoisotopic (exact) mass is 426 g/mol. The van der Waals surface area contributed by atoms with Gasteiger partial charge in [-0.05, 0) is 42.0 Å². The van der Waals surface area contributed by atoms with Gasteiger partial charge in [0, 0.05) is 22.8 Å². The molecule has 1 amide bonds. The van der Waals surface area contributed by atoms with E-state index in [4.69, 9.17) is 11.6 Å².